The molecule has 1 amide bonds. The molecule has 0 unspecified atom stereocenters. The highest BCUT2D eigenvalue weighted by Crippen LogP contribution is 1.94. The van der Waals surface area contributed by atoms with Crippen LogP contribution in [0.25, 0.3) is 0 Å². The molecule has 0 atom stereocenters. The molecule has 18 heavy (non-hydrogen) atoms. The van der Waals surface area contributed by atoms with Crippen LogP contribution < -0.4 is 22.4 Å². The Kier molecular flexibility index (Phi) is 5.60. The van der Waals surface area contributed by atoms with E-state index in [0.29, 0.717) is 0 Å². The van der Waals surface area contributed by atoms with Crippen molar-refractivity contribution in [3.63, 3.8) is 0 Å². The molecule has 2 rings (SSSR count). The minimum Gasteiger partial charge on any atom is -1.00 e. The van der Waals surface area contributed by atoms with E-state index in [1.54, 1.807) is 23.2 Å². The summed E-state index contributed by atoms with van der Waals surface area (Å²) in [6, 6.07) is 7.37. The van der Waals surface area contributed by atoms with Crippen molar-refractivity contribution in [2.75, 3.05) is 0 Å². The second-order valence-electron chi connectivity index (χ2n) is 3.40. The quantitative estimate of drug-likeness (QED) is 0.385. The minimum absolute atomic E-state index is 0. The molecule has 0 fully saturated rings. The van der Waals surface area contributed by atoms with Crippen LogP contribution in [0.1, 0.15) is 5.56 Å². The van der Waals surface area contributed by atoms with Crippen LogP contribution in [-0.2, 0) is 11.3 Å². The number of hydrazone groups is 1. The lowest BCUT2D eigenvalue weighted by Crippen LogP contribution is -3.00. The van der Waals surface area contributed by atoms with Crippen molar-refractivity contribution >= 4 is 12.1 Å². The number of nitrogens with zero attached hydrogens (tertiary/aromatic N) is 2. The first-order valence-electron chi connectivity index (χ1n) is 5.13. The number of halogens is 1. The number of rotatable bonds is 4. The topological polar surface area (TPSA) is 58.5 Å². The summed E-state index contributed by atoms with van der Waals surface area (Å²) in [5, 5.41) is 3.81. The van der Waals surface area contributed by atoms with Crippen LogP contribution in [0.3, 0.4) is 0 Å². The molecule has 94 valence electrons. The summed E-state index contributed by atoms with van der Waals surface area (Å²) in [5.74, 6) is -0.180. The molecule has 2 heterocycles. The lowest BCUT2D eigenvalue weighted by atomic mass is 10.4. The minimum atomic E-state index is -0.180. The first kappa shape index (κ1) is 13.9. The van der Waals surface area contributed by atoms with E-state index in [0.717, 1.165) is 5.56 Å². The fraction of sp³-hybridized carbons (Fsp3) is 0.0833. The molecule has 0 aromatic carbocycles. The van der Waals surface area contributed by atoms with Gasteiger partial charge in [0, 0.05) is 17.7 Å². The van der Waals surface area contributed by atoms with Crippen molar-refractivity contribution < 1.29 is 26.2 Å². The fourth-order valence-corrected chi connectivity index (χ4v) is 1.27. The Labute approximate surface area is 111 Å². The van der Waals surface area contributed by atoms with Crippen LogP contribution in [0.5, 0.6) is 0 Å². The van der Waals surface area contributed by atoms with Crippen molar-refractivity contribution in [2.24, 2.45) is 5.10 Å². The molecular weight excluding hydrogens is 254 g/mol. The number of carbonyl (C=O) groups is 1. The Balaban J connectivity index is 0.00000162. The van der Waals surface area contributed by atoms with E-state index in [-0.39, 0.29) is 24.9 Å². The second kappa shape index (κ2) is 7.24. The van der Waals surface area contributed by atoms with E-state index < -0.39 is 0 Å². The molecule has 0 saturated heterocycles. The number of pyridine rings is 1. The number of hydrogen-bond acceptors (Lipinski definition) is 3. The van der Waals surface area contributed by atoms with Gasteiger partial charge in [0.15, 0.2) is 12.4 Å². The highest BCUT2D eigenvalue weighted by Gasteiger charge is 2.06. The van der Waals surface area contributed by atoms with Crippen LogP contribution in [0.2, 0.25) is 0 Å². The molecule has 6 heteroatoms. The van der Waals surface area contributed by atoms with E-state index in [1.807, 2.05) is 30.6 Å². The molecule has 0 aliphatic heterocycles. The van der Waals surface area contributed by atoms with Crippen LogP contribution in [-0.4, -0.2) is 12.1 Å². The molecule has 1 N–H and O–H groups in total. The van der Waals surface area contributed by atoms with Gasteiger partial charge in [-0.3, -0.25) is 4.79 Å². The smallest absolute Gasteiger partial charge is 0.305 e. The zero-order valence-electron chi connectivity index (χ0n) is 9.49. The molecule has 2 aromatic rings. The predicted molar refractivity (Wildman–Crippen MR) is 61.1 cm³/mol. The van der Waals surface area contributed by atoms with E-state index in [1.165, 1.54) is 6.21 Å². The average molecular weight is 266 g/mol. The maximum Gasteiger partial charge on any atom is 0.305 e. The van der Waals surface area contributed by atoms with Crippen molar-refractivity contribution in [1.82, 2.24) is 5.43 Å². The molecule has 2 aromatic heterocycles. The molecule has 0 aliphatic carbocycles. The molecular formula is C12H12ClN3O2. The zero-order chi connectivity index (χ0) is 11.9. The third-order valence-electron chi connectivity index (χ3n) is 2.05. The Morgan fingerprint density at radius 2 is 2.17 bits per heavy atom. The van der Waals surface area contributed by atoms with Gasteiger partial charge >= 0.3 is 5.91 Å². The lowest BCUT2D eigenvalue weighted by Gasteiger charge is -1.95. The number of nitrogens with one attached hydrogen (secondary N) is 1. The van der Waals surface area contributed by atoms with Crippen LogP contribution in [0, 0.1) is 0 Å². The molecule has 0 aliphatic rings. The third kappa shape index (κ3) is 4.39. The largest absolute Gasteiger partial charge is 1.00 e. The monoisotopic (exact) mass is 265 g/mol. The Morgan fingerprint density at radius 1 is 1.39 bits per heavy atom. The highest BCUT2D eigenvalue weighted by atomic mass is 35.5. The normalized spacial score (nSPS) is 10.0. The van der Waals surface area contributed by atoms with E-state index in [9.17, 15) is 4.79 Å². The molecule has 0 radical (unpaired) electrons. The molecule has 0 spiro atoms. The van der Waals surface area contributed by atoms with E-state index >= 15 is 0 Å². The number of amides is 1. The van der Waals surface area contributed by atoms with Gasteiger partial charge in [-0.05, 0) is 6.07 Å². The number of hydrogen-bond donors (Lipinski definition) is 1. The fourth-order valence-electron chi connectivity index (χ4n) is 1.27. The van der Waals surface area contributed by atoms with Gasteiger partial charge < -0.3 is 16.8 Å². The van der Waals surface area contributed by atoms with Gasteiger partial charge in [-0.1, -0.05) is 6.07 Å². The lowest BCUT2D eigenvalue weighted by molar-refractivity contribution is -0.684. The summed E-state index contributed by atoms with van der Waals surface area (Å²) in [4.78, 5) is 11.5. The number of carbonyl (C=O) groups excluding carboxylic acids is 1. The highest BCUT2D eigenvalue weighted by molar-refractivity contribution is 5.81. The SMILES string of the molecule is O=C(C[n+]1ccccc1)N/N=C/c1ccoc1.[Cl-]. The first-order chi connectivity index (χ1) is 8.34. The van der Waals surface area contributed by atoms with Crippen LogP contribution >= 0.6 is 0 Å². The maximum atomic E-state index is 11.5. The van der Waals surface area contributed by atoms with E-state index in [4.69, 9.17) is 4.42 Å². The first-order valence-corrected chi connectivity index (χ1v) is 5.13. The van der Waals surface area contributed by atoms with Crippen LogP contribution in [0.15, 0.2) is 58.7 Å². The summed E-state index contributed by atoms with van der Waals surface area (Å²) in [6.07, 6.45) is 8.25. The molecule has 0 saturated carbocycles. The van der Waals surface area contributed by atoms with Gasteiger partial charge in [-0.2, -0.15) is 9.67 Å². The van der Waals surface area contributed by atoms with Crippen molar-refractivity contribution in [3.8, 4) is 0 Å². The average Bonchev–Trinajstić information content (AvgIpc) is 2.83. The van der Waals surface area contributed by atoms with Gasteiger partial charge in [0.1, 0.15) is 0 Å². The van der Waals surface area contributed by atoms with Gasteiger partial charge in [0.2, 0.25) is 6.54 Å². The van der Waals surface area contributed by atoms with Crippen molar-refractivity contribution in [1.29, 1.82) is 0 Å². The maximum absolute atomic E-state index is 11.5. The van der Waals surface area contributed by atoms with Crippen molar-refractivity contribution in [2.45, 2.75) is 6.54 Å². The van der Waals surface area contributed by atoms with Gasteiger partial charge in [-0.25, -0.2) is 5.43 Å². The zero-order valence-corrected chi connectivity index (χ0v) is 10.2. The Morgan fingerprint density at radius 3 is 2.83 bits per heavy atom. The van der Waals surface area contributed by atoms with E-state index in [2.05, 4.69) is 10.5 Å². The van der Waals surface area contributed by atoms with Gasteiger partial charge in [0.05, 0.1) is 18.7 Å². The summed E-state index contributed by atoms with van der Waals surface area (Å²) in [6.45, 7) is 0.240. The molecule has 0 bridgehead atoms. The standard InChI is InChI=1S/C12H11N3O2.ClH/c16-12(9-15-5-2-1-3-6-15)14-13-8-11-4-7-17-10-11;/h1-8,10H,9H2;1H/b13-8+;. The number of aromatic nitrogens is 1. The Hall–Kier alpha value is -2.14. The summed E-state index contributed by atoms with van der Waals surface area (Å²) >= 11 is 0. The summed E-state index contributed by atoms with van der Waals surface area (Å²) in [7, 11) is 0. The van der Waals surface area contributed by atoms with Crippen LogP contribution in [0.4, 0.5) is 0 Å². The van der Waals surface area contributed by atoms with Crippen molar-refractivity contribution in [3.05, 3.63) is 54.7 Å². The predicted octanol–water partition coefficient (Wildman–Crippen LogP) is -2.28. The third-order valence-corrected chi connectivity index (χ3v) is 2.05. The summed E-state index contributed by atoms with van der Waals surface area (Å²) in [5.41, 5.74) is 3.24. The van der Waals surface area contributed by atoms with Gasteiger partial charge in [-0.15, -0.1) is 0 Å². The second-order valence-corrected chi connectivity index (χ2v) is 3.40. The molecule has 5 nitrogen and oxygen atoms in total. The summed E-state index contributed by atoms with van der Waals surface area (Å²) < 4.78 is 6.63. The number of furan rings is 1. The van der Waals surface area contributed by atoms with Gasteiger partial charge in [0.25, 0.3) is 0 Å². The Bertz CT molecular complexity index is 497.